The molecule has 2 atom stereocenters. The van der Waals surface area contributed by atoms with Crippen LogP contribution in [0.25, 0.3) is 11.0 Å². The van der Waals surface area contributed by atoms with Gasteiger partial charge in [0.15, 0.2) is 0 Å². The van der Waals surface area contributed by atoms with Crippen LogP contribution in [0.4, 0.5) is 5.69 Å². The Morgan fingerprint density at radius 3 is 2.47 bits per heavy atom. The van der Waals surface area contributed by atoms with Crippen molar-refractivity contribution in [3.8, 4) is 0 Å². The average molecular weight is 687 g/mol. The number of nitrogens with one attached hydrogen (secondary N) is 1. The average Bonchev–Trinajstić information content (AvgIpc) is 3.71. The van der Waals surface area contributed by atoms with Gasteiger partial charge in [-0.25, -0.2) is 0 Å². The van der Waals surface area contributed by atoms with Gasteiger partial charge in [-0.1, -0.05) is 41.4 Å². The smallest absolute Gasteiger partial charge is 0.306 e. The number of rotatable bonds is 10. The Morgan fingerprint density at radius 1 is 1.00 bits per heavy atom. The van der Waals surface area contributed by atoms with Crippen molar-refractivity contribution in [2.75, 3.05) is 38.7 Å². The normalized spacial score (nSPS) is 24.1. The quantitative estimate of drug-likeness (QED) is 0.256. The zero-order valence-electron chi connectivity index (χ0n) is 26.5. The molecule has 1 aliphatic carbocycles. The number of fused-ring (bicyclic) bond motifs is 1. The highest BCUT2D eigenvalue weighted by Gasteiger charge is 2.40. The van der Waals surface area contributed by atoms with Crippen molar-refractivity contribution < 1.29 is 33.4 Å². The van der Waals surface area contributed by atoms with Crippen LogP contribution in [0.1, 0.15) is 60.9 Å². The molecular weight excluding hydrogens is 645 g/mol. The number of halogens is 2. The molecule has 10 nitrogen and oxygen atoms in total. The number of ether oxygens (including phenoxy) is 2. The summed E-state index contributed by atoms with van der Waals surface area (Å²) in [6.45, 7) is 2.83. The molecule has 0 bridgehead atoms. The lowest BCUT2D eigenvalue weighted by Gasteiger charge is -2.35. The maximum absolute atomic E-state index is 13.9. The van der Waals surface area contributed by atoms with Gasteiger partial charge in [-0.3, -0.25) is 19.3 Å². The predicted octanol–water partition coefficient (Wildman–Crippen LogP) is 6.27. The molecule has 3 fully saturated rings. The van der Waals surface area contributed by atoms with E-state index in [1.165, 1.54) is 6.26 Å². The van der Waals surface area contributed by atoms with Gasteiger partial charge in [0.25, 0.3) is 5.91 Å². The summed E-state index contributed by atoms with van der Waals surface area (Å²) in [5.74, 6) is -1.49. The van der Waals surface area contributed by atoms with Gasteiger partial charge in [-0.15, -0.1) is 0 Å². The zero-order chi connectivity index (χ0) is 33.1. The van der Waals surface area contributed by atoms with Crippen molar-refractivity contribution in [1.29, 1.82) is 0 Å². The van der Waals surface area contributed by atoms with Crippen LogP contribution in [0.5, 0.6) is 0 Å². The molecular formula is C35H41Cl2N3O7. The third-order valence-electron chi connectivity index (χ3n) is 10.0. The first-order chi connectivity index (χ1) is 22.7. The Bertz CT molecular complexity index is 1600. The summed E-state index contributed by atoms with van der Waals surface area (Å²) in [7, 11) is 1.76. The fourth-order valence-electron chi connectivity index (χ4n) is 7.25. The molecule has 2 amide bonds. The molecule has 2 saturated heterocycles. The number of benzene rings is 2. The lowest BCUT2D eigenvalue weighted by molar-refractivity contribution is -0.144. The van der Waals surface area contributed by atoms with E-state index in [4.69, 9.17) is 37.1 Å². The van der Waals surface area contributed by atoms with Gasteiger partial charge < -0.3 is 29.2 Å². The molecule has 47 heavy (non-hydrogen) atoms. The molecule has 6 rings (SSSR count). The number of likely N-dealkylation sites (tertiary alicyclic amines) is 2. The van der Waals surface area contributed by atoms with Crippen LogP contribution in [0.2, 0.25) is 10.0 Å². The fraction of sp³-hybridized carbons (Fsp3) is 0.514. The summed E-state index contributed by atoms with van der Waals surface area (Å²) in [6.07, 6.45) is 7.09. The summed E-state index contributed by atoms with van der Waals surface area (Å²) in [5, 5.41) is 13.5. The number of anilines is 1. The van der Waals surface area contributed by atoms with Crippen molar-refractivity contribution in [3.63, 3.8) is 0 Å². The summed E-state index contributed by atoms with van der Waals surface area (Å²) in [6, 6.07) is 10.6. The Hall–Kier alpha value is -3.15. The minimum absolute atomic E-state index is 0.00454. The molecule has 1 aromatic heterocycles. The second-order valence-electron chi connectivity index (χ2n) is 12.9. The Balaban J connectivity index is 1.12. The number of carboxylic acids is 1. The van der Waals surface area contributed by atoms with E-state index in [0.717, 1.165) is 32.4 Å². The van der Waals surface area contributed by atoms with E-state index in [9.17, 15) is 19.5 Å². The van der Waals surface area contributed by atoms with E-state index >= 15 is 0 Å². The van der Waals surface area contributed by atoms with Crippen LogP contribution >= 0.6 is 23.2 Å². The summed E-state index contributed by atoms with van der Waals surface area (Å²) in [5.41, 5.74) is 1.90. The third-order valence-corrected chi connectivity index (χ3v) is 10.7. The van der Waals surface area contributed by atoms with Crippen molar-refractivity contribution >= 4 is 57.6 Å². The van der Waals surface area contributed by atoms with E-state index in [-0.39, 0.29) is 53.5 Å². The summed E-state index contributed by atoms with van der Waals surface area (Å²) >= 11 is 13.3. The van der Waals surface area contributed by atoms with Crippen molar-refractivity contribution in [3.05, 3.63) is 63.8 Å². The van der Waals surface area contributed by atoms with E-state index in [0.29, 0.717) is 71.6 Å². The van der Waals surface area contributed by atoms with Gasteiger partial charge in [0, 0.05) is 43.2 Å². The summed E-state index contributed by atoms with van der Waals surface area (Å²) in [4.78, 5) is 42.7. The molecule has 2 aliphatic heterocycles. The molecule has 0 radical (unpaired) electrons. The second-order valence-corrected chi connectivity index (χ2v) is 13.7. The van der Waals surface area contributed by atoms with Crippen LogP contribution in [0.15, 0.2) is 47.1 Å². The number of piperidine rings is 1. The fourth-order valence-corrected chi connectivity index (χ4v) is 7.71. The first-order valence-corrected chi connectivity index (χ1v) is 17.1. The highest BCUT2D eigenvalue weighted by Crippen LogP contribution is 2.33. The van der Waals surface area contributed by atoms with Crippen molar-refractivity contribution in [2.45, 2.75) is 75.7 Å². The highest BCUT2D eigenvalue weighted by atomic mass is 35.5. The highest BCUT2D eigenvalue weighted by molar-refractivity contribution is 6.36. The number of carbonyl (C=O) groups is 3. The number of methoxy groups -OCH3 is 1. The van der Waals surface area contributed by atoms with Gasteiger partial charge >= 0.3 is 5.97 Å². The number of hydrogen-bond donors (Lipinski definition) is 2. The molecule has 252 valence electrons. The molecule has 3 heterocycles. The molecule has 3 aromatic rings. The maximum Gasteiger partial charge on any atom is 0.306 e. The SMILES string of the molecule is COC1CCN([C@H]2C[C@@H](COC3CCC(C(=O)O)CC3)N(C(=O)Cc3cc(Cl)c(NC(=O)c4coc5ccccc45)cc3Cl)C2)CC1. The van der Waals surface area contributed by atoms with Crippen LogP contribution in [-0.4, -0.2) is 90.3 Å². The monoisotopic (exact) mass is 685 g/mol. The topological polar surface area (TPSA) is 122 Å². The van der Waals surface area contributed by atoms with E-state index in [1.54, 1.807) is 25.3 Å². The minimum Gasteiger partial charge on any atom is -0.481 e. The number of para-hydroxylation sites is 1. The third kappa shape index (κ3) is 7.78. The largest absolute Gasteiger partial charge is 0.481 e. The second kappa shape index (κ2) is 15.0. The molecule has 2 N–H and O–H groups in total. The molecule has 12 heteroatoms. The molecule has 2 aromatic carbocycles. The first kappa shape index (κ1) is 33.7. The number of furan rings is 1. The standard InChI is InChI=1S/C35H41Cl2N3O7/c1-45-25-10-12-39(13-11-25)23-16-24(19-46-26-8-6-21(7-9-26)35(43)44)40(18-23)33(41)15-22-14-30(37)31(17-29(22)36)38-34(42)28-20-47-32-5-3-2-4-27(28)32/h2-5,14,17,20-21,23-26H,6-13,15-16,18-19H2,1H3,(H,38,42)(H,43,44)/t21?,23-,24-,26?/m0/s1. The number of nitrogens with zero attached hydrogens (tertiary/aromatic N) is 2. The molecule has 3 aliphatic rings. The van der Waals surface area contributed by atoms with E-state index < -0.39 is 5.97 Å². The molecule has 0 spiro atoms. The van der Waals surface area contributed by atoms with Gasteiger partial charge in [-0.2, -0.15) is 0 Å². The van der Waals surface area contributed by atoms with E-state index in [1.807, 2.05) is 23.1 Å². The van der Waals surface area contributed by atoms with Gasteiger partial charge in [0.1, 0.15) is 11.8 Å². The van der Waals surface area contributed by atoms with Crippen LogP contribution in [-0.2, 0) is 25.5 Å². The van der Waals surface area contributed by atoms with Gasteiger partial charge in [0.2, 0.25) is 5.91 Å². The number of aliphatic carboxylic acids is 1. The Labute approximate surface area is 284 Å². The zero-order valence-corrected chi connectivity index (χ0v) is 28.0. The predicted molar refractivity (Wildman–Crippen MR) is 179 cm³/mol. The number of carboxylic acid groups (broad SMARTS) is 1. The first-order valence-electron chi connectivity index (χ1n) is 16.4. The van der Waals surface area contributed by atoms with Crippen LogP contribution in [0, 0.1) is 5.92 Å². The Kier molecular flexibility index (Phi) is 10.7. The summed E-state index contributed by atoms with van der Waals surface area (Å²) < 4.78 is 17.4. The van der Waals surface area contributed by atoms with E-state index in [2.05, 4.69) is 10.2 Å². The van der Waals surface area contributed by atoms with Crippen LogP contribution in [0.3, 0.4) is 0 Å². The van der Waals surface area contributed by atoms with Gasteiger partial charge in [0.05, 0.1) is 53.5 Å². The number of amides is 2. The molecule has 0 unspecified atom stereocenters. The van der Waals surface area contributed by atoms with Crippen molar-refractivity contribution in [2.24, 2.45) is 5.92 Å². The van der Waals surface area contributed by atoms with Crippen LogP contribution < -0.4 is 5.32 Å². The van der Waals surface area contributed by atoms with Gasteiger partial charge in [-0.05, 0) is 68.7 Å². The lowest BCUT2D eigenvalue weighted by Crippen LogP contribution is -2.45. The maximum atomic E-state index is 13.9. The Morgan fingerprint density at radius 2 is 1.74 bits per heavy atom. The minimum atomic E-state index is -0.739. The number of hydrogen-bond acceptors (Lipinski definition) is 7. The number of carbonyl (C=O) groups excluding carboxylic acids is 2. The van der Waals surface area contributed by atoms with Crippen molar-refractivity contribution in [1.82, 2.24) is 9.80 Å². The lowest BCUT2D eigenvalue weighted by atomic mass is 9.87. The molecule has 1 saturated carbocycles.